The minimum absolute atomic E-state index is 0.174. The minimum Gasteiger partial charge on any atom is -0.304 e. The highest BCUT2D eigenvalue weighted by Crippen LogP contribution is 2.22. The molecule has 0 saturated carbocycles. The number of piperazine rings is 1. The zero-order valence-corrected chi connectivity index (χ0v) is 11.0. The average Bonchev–Trinajstić information content (AvgIpc) is 2.28. The topological polar surface area (TPSA) is 6.48 Å². The molecular weight excluding hydrogens is 271 g/mol. The van der Waals surface area contributed by atoms with Crippen molar-refractivity contribution < 1.29 is 4.39 Å². The zero-order chi connectivity index (χ0) is 11.5. The van der Waals surface area contributed by atoms with Crippen molar-refractivity contribution in [3.05, 3.63) is 34.1 Å². The Balaban J connectivity index is 2.01. The van der Waals surface area contributed by atoms with Crippen molar-refractivity contribution in [3.63, 3.8) is 0 Å². The van der Waals surface area contributed by atoms with Crippen LogP contribution in [-0.4, -0.2) is 43.0 Å². The normalized spacial score (nSPS) is 18.9. The van der Waals surface area contributed by atoms with Crippen molar-refractivity contribution in [1.82, 2.24) is 9.80 Å². The summed E-state index contributed by atoms with van der Waals surface area (Å²) in [7, 11) is 2.13. The molecule has 0 N–H and O–H groups in total. The van der Waals surface area contributed by atoms with Crippen LogP contribution in [0.4, 0.5) is 4.39 Å². The van der Waals surface area contributed by atoms with Crippen LogP contribution in [-0.2, 0) is 6.54 Å². The van der Waals surface area contributed by atoms with Gasteiger partial charge in [0.05, 0.1) is 4.47 Å². The summed E-state index contributed by atoms with van der Waals surface area (Å²) in [5, 5.41) is 0. The van der Waals surface area contributed by atoms with E-state index in [-0.39, 0.29) is 5.82 Å². The third kappa shape index (κ3) is 2.81. The van der Waals surface area contributed by atoms with Crippen molar-refractivity contribution in [1.29, 1.82) is 0 Å². The summed E-state index contributed by atoms with van der Waals surface area (Å²) in [6.45, 7) is 5.12. The van der Waals surface area contributed by atoms with Crippen molar-refractivity contribution in [2.24, 2.45) is 0 Å². The first-order valence-electron chi connectivity index (χ1n) is 5.50. The minimum atomic E-state index is -0.174. The monoisotopic (exact) mass is 286 g/mol. The molecule has 1 aliphatic heterocycles. The van der Waals surface area contributed by atoms with Gasteiger partial charge in [-0.25, -0.2) is 4.39 Å². The van der Waals surface area contributed by atoms with Crippen molar-refractivity contribution >= 4 is 15.9 Å². The van der Waals surface area contributed by atoms with Crippen LogP contribution in [0, 0.1) is 5.82 Å². The van der Waals surface area contributed by atoms with E-state index in [1.54, 1.807) is 6.07 Å². The predicted octanol–water partition coefficient (Wildman–Crippen LogP) is 2.34. The van der Waals surface area contributed by atoms with Crippen molar-refractivity contribution in [2.45, 2.75) is 6.54 Å². The van der Waals surface area contributed by atoms with Crippen molar-refractivity contribution in [2.75, 3.05) is 33.2 Å². The molecule has 0 bridgehead atoms. The molecule has 0 aromatic heterocycles. The molecule has 1 fully saturated rings. The van der Waals surface area contributed by atoms with Gasteiger partial charge < -0.3 is 4.90 Å². The number of likely N-dealkylation sites (N-methyl/N-ethyl adjacent to an activating group) is 1. The van der Waals surface area contributed by atoms with E-state index in [4.69, 9.17) is 0 Å². The molecular formula is C12H16BrFN2. The van der Waals surface area contributed by atoms with E-state index in [1.807, 2.05) is 6.07 Å². The molecule has 1 aromatic rings. The zero-order valence-electron chi connectivity index (χ0n) is 9.42. The fraction of sp³-hybridized carbons (Fsp3) is 0.500. The molecule has 0 unspecified atom stereocenters. The van der Waals surface area contributed by atoms with Crippen LogP contribution < -0.4 is 0 Å². The maximum Gasteiger partial charge on any atom is 0.137 e. The molecule has 0 spiro atoms. The summed E-state index contributed by atoms with van der Waals surface area (Å²) in [6.07, 6.45) is 0. The van der Waals surface area contributed by atoms with Gasteiger partial charge in [-0.1, -0.05) is 12.1 Å². The Morgan fingerprint density at radius 1 is 1.25 bits per heavy atom. The quantitative estimate of drug-likeness (QED) is 0.824. The van der Waals surface area contributed by atoms with E-state index < -0.39 is 0 Å². The third-order valence-corrected chi connectivity index (χ3v) is 3.91. The maximum atomic E-state index is 13.3. The molecule has 16 heavy (non-hydrogen) atoms. The Morgan fingerprint density at radius 2 is 1.94 bits per heavy atom. The molecule has 88 valence electrons. The van der Waals surface area contributed by atoms with Gasteiger partial charge in [0.25, 0.3) is 0 Å². The van der Waals surface area contributed by atoms with Gasteiger partial charge in [-0.15, -0.1) is 0 Å². The molecule has 1 saturated heterocycles. The molecule has 1 aliphatic rings. The lowest BCUT2D eigenvalue weighted by Gasteiger charge is -2.32. The first kappa shape index (κ1) is 12.0. The second kappa shape index (κ2) is 5.25. The van der Waals surface area contributed by atoms with Gasteiger partial charge in [0.15, 0.2) is 0 Å². The van der Waals surface area contributed by atoms with Gasteiger partial charge in [-0.2, -0.15) is 0 Å². The molecule has 4 heteroatoms. The molecule has 2 rings (SSSR count). The van der Waals surface area contributed by atoms with Crippen LogP contribution in [0.1, 0.15) is 5.56 Å². The number of hydrogen-bond donors (Lipinski definition) is 0. The van der Waals surface area contributed by atoms with E-state index in [2.05, 4.69) is 32.8 Å². The third-order valence-electron chi connectivity index (χ3n) is 3.02. The number of benzene rings is 1. The second-order valence-electron chi connectivity index (χ2n) is 4.29. The Labute approximate surface area is 104 Å². The van der Waals surface area contributed by atoms with E-state index in [9.17, 15) is 4.39 Å². The first-order chi connectivity index (χ1) is 7.66. The molecule has 0 radical (unpaired) electrons. The molecule has 0 aliphatic carbocycles. The lowest BCUT2D eigenvalue weighted by atomic mass is 10.2. The fourth-order valence-electron chi connectivity index (χ4n) is 1.92. The van der Waals surface area contributed by atoms with Crippen LogP contribution in [0.15, 0.2) is 22.7 Å². The van der Waals surface area contributed by atoms with Crippen LogP contribution >= 0.6 is 15.9 Å². The smallest absolute Gasteiger partial charge is 0.137 e. The van der Waals surface area contributed by atoms with Crippen molar-refractivity contribution in [3.8, 4) is 0 Å². The standard InChI is InChI=1S/C12H16BrFN2/c1-15-5-7-16(8-6-15)9-10-3-2-4-11(14)12(10)13/h2-4H,5-9H2,1H3. The van der Waals surface area contributed by atoms with E-state index in [0.29, 0.717) is 4.47 Å². The Hall–Kier alpha value is -0.450. The Kier molecular flexibility index (Phi) is 3.95. The second-order valence-corrected chi connectivity index (χ2v) is 5.09. The first-order valence-corrected chi connectivity index (χ1v) is 6.30. The molecule has 1 aromatic carbocycles. The molecule has 0 amide bonds. The number of nitrogens with zero attached hydrogens (tertiary/aromatic N) is 2. The van der Waals surface area contributed by atoms with Gasteiger partial charge in [0.1, 0.15) is 5.82 Å². The Morgan fingerprint density at radius 3 is 2.62 bits per heavy atom. The van der Waals surface area contributed by atoms with Gasteiger partial charge >= 0.3 is 0 Å². The average molecular weight is 287 g/mol. The summed E-state index contributed by atoms with van der Waals surface area (Å²) in [4.78, 5) is 4.68. The van der Waals surface area contributed by atoms with Gasteiger partial charge in [0.2, 0.25) is 0 Å². The maximum absolute atomic E-state index is 13.3. The van der Waals surface area contributed by atoms with Gasteiger partial charge in [0, 0.05) is 32.7 Å². The van der Waals surface area contributed by atoms with Crippen LogP contribution in [0.3, 0.4) is 0 Å². The highest BCUT2D eigenvalue weighted by Gasteiger charge is 2.15. The molecule has 2 nitrogen and oxygen atoms in total. The summed E-state index contributed by atoms with van der Waals surface area (Å²) in [5.41, 5.74) is 1.03. The van der Waals surface area contributed by atoms with E-state index in [1.165, 1.54) is 6.07 Å². The molecule has 0 atom stereocenters. The summed E-state index contributed by atoms with van der Waals surface area (Å²) in [5.74, 6) is -0.174. The van der Waals surface area contributed by atoms with Crippen LogP contribution in [0.2, 0.25) is 0 Å². The van der Waals surface area contributed by atoms with E-state index in [0.717, 1.165) is 38.3 Å². The van der Waals surface area contributed by atoms with Gasteiger partial charge in [-0.05, 0) is 34.6 Å². The number of halogens is 2. The largest absolute Gasteiger partial charge is 0.304 e. The van der Waals surface area contributed by atoms with Gasteiger partial charge in [-0.3, -0.25) is 4.90 Å². The van der Waals surface area contributed by atoms with Crippen LogP contribution in [0.5, 0.6) is 0 Å². The Bertz CT molecular complexity index is 362. The van der Waals surface area contributed by atoms with E-state index >= 15 is 0 Å². The predicted molar refractivity (Wildman–Crippen MR) is 66.9 cm³/mol. The lowest BCUT2D eigenvalue weighted by Crippen LogP contribution is -2.43. The highest BCUT2D eigenvalue weighted by molar-refractivity contribution is 9.10. The molecule has 1 heterocycles. The summed E-state index contributed by atoms with van der Waals surface area (Å²) >= 11 is 3.31. The highest BCUT2D eigenvalue weighted by atomic mass is 79.9. The lowest BCUT2D eigenvalue weighted by molar-refractivity contribution is 0.148. The SMILES string of the molecule is CN1CCN(Cc2cccc(F)c2Br)CC1. The summed E-state index contributed by atoms with van der Waals surface area (Å²) < 4.78 is 13.9. The van der Waals surface area contributed by atoms with Crippen LogP contribution in [0.25, 0.3) is 0 Å². The fourth-order valence-corrected chi connectivity index (χ4v) is 2.31. The number of rotatable bonds is 2. The number of hydrogen-bond acceptors (Lipinski definition) is 2. The summed E-state index contributed by atoms with van der Waals surface area (Å²) in [6, 6.07) is 5.23.